The van der Waals surface area contributed by atoms with Gasteiger partial charge in [-0.3, -0.25) is 13.9 Å². The predicted octanol–water partition coefficient (Wildman–Crippen LogP) is 4.31. The van der Waals surface area contributed by atoms with Gasteiger partial charge in [-0.15, -0.1) is 0 Å². The van der Waals surface area contributed by atoms with Crippen LogP contribution in [0.15, 0.2) is 83.4 Å². The van der Waals surface area contributed by atoms with Crippen molar-refractivity contribution in [2.24, 2.45) is 5.41 Å². The maximum atomic E-state index is 13.8. The van der Waals surface area contributed by atoms with Crippen LogP contribution in [0.4, 0.5) is 0 Å². The molecule has 1 aliphatic carbocycles. The molecule has 1 spiro atoms. The second-order valence-corrected chi connectivity index (χ2v) is 11.2. The Morgan fingerprint density at radius 1 is 1.00 bits per heavy atom. The van der Waals surface area contributed by atoms with E-state index in [0.717, 1.165) is 11.1 Å². The number of nitrogens with zero attached hydrogens (tertiary/aromatic N) is 1. The third-order valence-electron chi connectivity index (χ3n) is 7.22. The topological polar surface area (TPSA) is 90.0 Å². The molecule has 3 aromatic rings. The Kier molecular flexibility index (Phi) is 5.05. The molecule has 0 amide bonds. The molecule has 0 bridgehead atoms. The lowest BCUT2D eigenvalue weighted by Crippen LogP contribution is -2.34. The summed E-state index contributed by atoms with van der Waals surface area (Å²) in [5, 5.41) is 0. The number of rotatable bonds is 4. The van der Waals surface area contributed by atoms with Gasteiger partial charge in [-0.25, -0.2) is 8.42 Å². The van der Waals surface area contributed by atoms with Crippen LogP contribution in [0, 0.1) is 12.3 Å². The van der Waals surface area contributed by atoms with Crippen LogP contribution in [-0.2, 0) is 16.4 Å². The molecule has 0 aromatic heterocycles. The van der Waals surface area contributed by atoms with E-state index in [4.69, 9.17) is 9.47 Å². The largest absolute Gasteiger partial charge is 0.454 e. The molecule has 3 aliphatic rings. The van der Waals surface area contributed by atoms with Crippen LogP contribution < -0.4 is 9.47 Å². The van der Waals surface area contributed by atoms with E-state index in [1.807, 2.05) is 19.1 Å². The number of fused-ring (bicyclic) bond motifs is 2. The predicted molar refractivity (Wildman–Crippen MR) is 132 cm³/mol. The van der Waals surface area contributed by atoms with Crippen molar-refractivity contribution in [2.45, 2.75) is 24.7 Å². The van der Waals surface area contributed by atoms with Gasteiger partial charge in [-0.2, -0.15) is 0 Å². The fraction of sp³-hybridized carbons (Fsp3) is 0.214. The van der Waals surface area contributed by atoms with Crippen LogP contribution in [0.5, 0.6) is 11.5 Å². The van der Waals surface area contributed by atoms with Crippen molar-refractivity contribution in [3.63, 3.8) is 0 Å². The molecule has 1 atom stereocenters. The highest BCUT2D eigenvalue weighted by molar-refractivity contribution is 7.89. The highest BCUT2D eigenvalue weighted by Crippen LogP contribution is 2.52. The van der Waals surface area contributed by atoms with Gasteiger partial charge in [-0.05, 0) is 55.7 Å². The van der Waals surface area contributed by atoms with Gasteiger partial charge in [0.05, 0.1) is 10.3 Å². The number of allylic oxidation sites excluding steroid dienone is 2. The third kappa shape index (κ3) is 3.36. The van der Waals surface area contributed by atoms with Gasteiger partial charge in [0.15, 0.2) is 23.1 Å². The lowest BCUT2D eigenvalue weighted by atomic mass is 9.79. The quantitative estimate of drug-likeness (QED) is 0.391. The number of carbonyl (C=O) groups excluding carboxylic acids is 2. The third-order valence-corrected chi connectivity index (χ3v) is 9.05. The fourth-order valence-electron chi connectivity index (χ4n) is 5.30. The van der Waals surface area contributed by atoms with Gasteiger partial charge < -0.3 is 9.47 Å². The Hall–Kier alpha value is -3.91. The summed E-state index contributed by atoms with van der Waals surface area (Å²) in [6.45, 7) is 2.06. The zero-order valence-corrected chi connectivity index (χ0v) is 20.4. The van der Waals surface area contributed by atoms with Gasteiger partial charge >= 0.3 is 0 Å². The Balaban J connectivity index is 1.47. The highest BCUT2D eigenvalue weighted by atomic mass is 32.2. The number of ketones is 2. The zero-order chi connectivity index (χ0) is 25.1. The fourth-order valence-corrected chi connectivity index (χ4v) is 6.85. The number of ether oxygens (including phenoxy) is 2. The molecule has 0 N–H and O–H groups in total. The summed E-state index contributed by atoms with van der Waals surface area (Å²) in [6, 6.07) is 18.7. The Morgan fingerprint density at radius 3 is 2.53 bits per heavy atom. The minimum atomic E-state index is -4.00. The van der Waals surface area contributed by atoms with Gasteiger partial charge in [-0.1, -0.05) is 42.0 Å². The summed E-state index contributed by atoms with van der Waals surface area (Å²) in [7, 11) is -4.00. The van der Waals surface area contributed by atoms with E-state index in [-0.39, 0.29) is 29.7 Å². The molecule has 2 heterocycles. The zero-order valence-electron chi connectivity index (χ0n) is 19.6. The number of carbonyl (C=O) groups is 2. The molecule has 36 heavy (non-hydrogen) atoms. The number of hydrogen-bond donors (Lipinski definition) is 0. The summed E-state index contributed by atoms with van der Waals surface area (Å²) in [4.78, 5) is 27.3. The first-order valence-electron chi connectivity index (χ1n) is 11.7. The molecule has 182 valence electrons. The lowest BCUT2D eigenvalue weighted by molar-refractivity contribution is 0.0867. The molecule has 3 aromatic carbocycles. The summed E-state index contributed by atoms with van der Waals surface area (Å²) in [6.07, 6.45) is 1.97. The van der Waals surface area contributed by atoms with Crippen LogP contribution in [0.2, 0.25) is 0 Å². The van der Waals surface area contributed by atoms with E-state index < -0.39 is 21.2 Å². The van der Waals surface area contributed by atoms with E-state index in [9.17, 15) is 18.0 Å². The summed E-state index contributed by atoms with van der Waals surface area (Å²) in [5.41, 5.74) is 1.79. The molecule has 2 aliphatic heterocycles. The summed E-state index contributed by atoms with van der Waals surface area (Å²) < 4.78 is 39.5. The maximum absolute atomic E-state index is 13.8. The van der Waals surface area contributed by atoms with Crippen LogP contribution >= 0.6 is 0 Å². The van der Waals surface area contributed by atoms with Crippen LogP contribution in [0.1, 0.15) is 38.3 Å². The molecule has 0 saturated carbocycles. The normalized spacial score (nSPS) is 21.4. The van der Waals surface area contributed by atoms with Crippen molar-refractivity contribution in [2.75, 3.05) is 13.3 Å². The SMILES string of the molecule is Cc1ccc(S(=O)(=O)N2CCC3(Cc4ccccc4C3=O)/C2=C/C(=O)c2ccc3c(c2)OCO3)cc1. The molecular formula is C28H23NO6S. The maximum Gasteiger partial charge on any atom is 0.264 e. The molecule has 0 radical (unpaired) electrons. The Morgan fingerprint density at radius 2 is 1.75 bits per heavy atom. The second-order valence-electron chi connectivity index (χ2n) is 9.35. The average Bonchev–Trinajstić information content (AvgIpc) is 3.56. The molecule has 1 saturated heterocycles. The smallest absolute Gasteiger partial charge is 0.264 e. The monoisotopic (exact) mass is 501 g/mol. The van der Waals surface area contributed by atoms with E-state index in [2.05, 4.69) is 0 Å². The number of benzene rings is 3. The molecule has 7 nitrogen and oxygen atoms in total. The minimum absolute atomic E-state index is 0.0759. The molecule has 6 rings (SSSR count). The Bertz CT molecular complexity index is 1560. The van der Waals surface area contributed by atoms with Crippen molar-refractivity contribution in [3.8, 4) is 11.5 Å². The van der Waals surface area contributed by atoms with E-state index in [0.29, 0.717) is 35.5 Å². The first-order chi connectivity index (χ1) is 17.3. The number of hydrogen-bond acceptors (Lipinski definition) is 6. The van der Waals surface area contributed by atoms with Crippen molar-refractivity contribution in [1.29, 1.82) is 0 Å². The van der Waals surface area contributed by atoms with Crippen LogP contribution in [0.3, 0.4) is 0 Å². The average molecular weight is 502 g/mol. The summed E-state index contributed by atoms with van der Waals surface area (Å²) >= 11 is 0. The van der Waals surface area contributed by atoms with Gasteiger partial charge in [0.2, 0.25) is 6.79 Å². The number of aryl methyl sites for hydroxylation is 1. The van der Waals surface area contributed by atoms with E-state index >= 15 is 0 Å². The number of sulfonamides is 1. The van der Waals surface area contributed by atoms with E-state index in [1.54, 1.807) is 54.6 Å². The molecule has 8 heteroatoms. The van der Waals surface area contributed by atoms with Gasteiger partial charge in [0.1, 0.15) is 0 Å². The standard InChI is InChI=1S/C28H23NO6S/c1-18-6-9-21(10-7-18)36(32,33)29-13-12-28(16-20-4-2-3-5-22(20)27(28)31)26(29)15-23(30)19-8-11-24-25(14-19)35-17-34-24/h2-11,14-15H,12-13,16-17H2,1H3/b26-15-. The van der Waals surface area contributed by atoms with Crippen LogP contribution in [-0.4, -0.2) is 37.6 Å². The van der Waals surface area contributed by atoms with Gasteiger partial charge in [0.25, 0.3) is 10.0 Å². The number of Topliss-reactive ketones (excluding diaryl/α,β-unsaturated/α-hetero) is 1. The lowest BCUT2D eigenvalue weighted by Gasteiger charge is -2.27. The van der Waals surface area contributed by atoms with Gasteiger partial charge in [0, 0.05) is 29.4 Å². The second kappa shape index (κ2) is 8.06. The van der Waals surface area contributed by atoms with Crippen LogP contribution in [0.25, 0.3) is 0 Å². The summed E-state index contributed by atoms with van der Waals surface area (Å²) in [5.74, 6) is 0.442. The molecule has 1 fully saturated rings. The van der Waals surface area contributed by atoms with Crippen molar-refractivity contribution < 1.29 is 27.5 Å². The van der Waals surface area contributed by atoms with Crippen molar-refractivity contribution >= 4 is 21.6 Å². The van der Waals surface area contributed by atoms with Crippen molar-refractivity contribution in [1.82, 2.24) is 4.31 Å². The first-order valence-corrected chi connectivity index (χ1v) is 13.1. The van der Waals surface area contributed by atoms with E-state index in [1.165, 1.54) is 10.4 Å². The molecule has 1 unspecified atom stereocenters. The highest BCUT2D eigenvalue weighted by Gasteiger charge is 2.55. The molecular weight excluding hydrogens is 478 g/mol. The first kappa shape index (κ1) is 22.5. The minimum Gasteiger partial charge on any atom is -0.454 e. The Labute approximate surface area is 209 Å². The van der Waals surface area contributed by atoms with Crippen molar-refractivity contribution in [3.05, 3.63) is 101 Å².